The van der Waals surface area contributed by atoms with E-state index in [1.54, 1.807) is 11.8 Å². The fourth-order valence-corrected chi connectivity index (χ4v) is 2.99. The molecule has 0 aliphatic heterocycles. The quantitative estimate of drug-likeness (QED) is 0.440. The third-order valence-corrected chi connectivity index (χ3v) is 4.40. The van der Waals surface area contributed by atoms with Crippen LogP contribution in [0.25, 0.3) is 0 Å². The predicted molar refractivity (Wildman–Crippen MR) is 79.7 cm³/mol. The highest BCUT2D eigenvalue weighted by Gasteiger charge is 2.24. The SMILES string of the molecule is CCCSc1nc(Cl)c(N)c(NC2CCC(O)C2)n1. The van der Waals surface area contributed by atoms with Crippen LogP contribution in [0.15, 0.2) is 5.16 Å². The summed E-state index contributed by atoms with van der Waals surface area (Å²) in [5.41, 5.74) is 6.28. The first-order chi connectivity index (χ1) is 9.10. The lowest BCUT2D eigenvalue weighted by Gasteiger charge is -2.15. The Morgan fingerprint density at radius 3 is 2.89 bits per heavy atom. The molecule has 1 saturated carbocycles. The minimum absolute atomic E-state index is 0.201. The van der Waals surface area contributed by atoms with Crippen LogP contribution < -0.4 is 11.1 Å². The van der Waals surface area contributed by atoms with Crippen molar-refractivity contribution < 1.29 is 5.11 Å². The molecule has 2 rings (SSSR count). The van der Waals surface area contributed by atoms with E-state index in [9.17, 15) is 5.11 Å². The van der Waals surface area contributed by atoms with Gasteiger partial charge in [-0.05, 0) is 25.7 Å². The molecule has 0 aromatic carbocycles. The summed E-state index contributed by atoms with van der Waals surface area (Å²) in [5, 5.41) is 13.7. The summed E-state index contributed by atoms with van der Waals surface area (Å²) in [7, 11) is 0. The Morgan fingerprint density at radius 1 is 1.47 bits per heavy atom. The topological polar surface area (TPSA) is 84.1 Å². The molecular formula is C12H19ClN4OS. The standard InChI is InChI=1S/C12H19ClN4OS/c1-2-5-19-12-16-10(13)9(14)11(17-12)15-7-3-4-8(18)6-7/h7-8,18H,2-6,14H2,1H3,(H,15,16,17). The summed E-state index contributed by atoms with van der Waals surface area (Å²) >= 11 is 7.60. The fraction of sp³-hybridized carbons (Fsp3) is 0.667. The lowest BCUT2D eigenvalue weighted by molar-refractivity contribution is 0.182. The number of halogens is 1. The number of aliphatic hydroxyl groups excluding tert-OH is 1. The van der Waals surface area contributed by atoms with Crippen molar-refractivity contribution in [1.82, 2.24) is 9.97 Å². The van der Waals surface area contributed by atoms with E-state index in [1.165, 1.54) is 0 Å². The molecule has 0 radical (unpaired) electrons. The van der Waals surface area contributed by atoms with Gasteiger partial charge in [-0.3, -0.25) is 0 Å². The largest absolute Gasteiger partial charge is 0.393 e. The van der Waals surface area contributed by atoms with Crippen molar-refractivity contribution >= 4 is 34.9 Å². The van der Waals surface area contributed by atoms with Gasteiger partial charge in [0.25, 0.3) is 0 Å². The van der Waals surface area contributed by atoms with Gasteiger partial charge in [-0.25, -0.2) is 9.97 Å². The van der Waals surface area contributed by atoms with Crippen molar-refractivity contribution in [2.75, 3.05) is 16.8 Å². The first kappa shape index (κ1) is 14.7. The van der Waals surface area contributed by atoms with Crippen LogP contribution in [0, 0.1) is 0 Å². The molecule has 1 aromatic rings. The molecule has 1 aliphatic carbocycles. The van der Waals surface area contributed by atoms with Crippen LogP contribution in [0.4, 0.5) is 11.5 Å². The van der Waals surface area contributed by atoms with E-state index in [1.807, 2.05) is 0 Å². The molecule has 1 aliphatic rings. The summed E-state index contributed by atoms with van der Waals surface area (Å²) < 4.78 is 0. The molecule has 2 unspecified atom stereocenters. The van der Waals surface area contributed by atoms with E-state index in [2.05, 4.69) is 22.2 Å². The summed E-state index contributed by atoms with van der Waals surface area (Å²) in [5.74, 6) is 1.53. The lowest BCUT2D eigenvalue weighted by atomic mass is 10.2. The number of rotatable bonds is 5. The van der Waals surface area contributed by atoms with Crippen LogP contribution in [-0.4, -0.2) is 33.0 Å². The van der Waals surface area contributed by atoms with Crippen molar-refractivity contribution in [2.24, 2.45) is 0 Å². The van der Waals surface area contributed by atoms with Crippen molar-refractivity contribution in [3.63, 3.8) is 0 Å². The van der Waals surface area contributed by atoms with E-state index in [0.29, 0.717) is 16.7 Å². The second kappa shape index (κ2) is 6.63. The Morgan fingerprint density at radius 2 is 2.26 bits per heavy atom. The van der Waals surface area contributed by atoms with E-state index in [-0.39, 0.29) is 17.3 Å². The highest BCUT2D eigenvalue weighted by Crippen LogP contribution is 2.30. The van der Waals surface area contributed by atoms with Crippen molar-refractivity contribution in [3.05, 3.63) is 5.15 Å². The van der Waals surface area contributed by atoms with Gasteiger partial charge in [0.2, 0.25) is 0 Å². The Balaban J connectivity index is 2.11. The minimum atomic E-state index is -0.232. The average Bonchev–Trinajstić information content (AvgIpc) is 2.78. The smallest absolute Gasteiger partial charge is 0.191 e. The zero-order chi connectivity index (χ0) is 13.8. The van der Waals surface area contributed by atoms with Gasteiger partial charge in [-0.1, -0.05) is 30.3 Å². The first-order valence-electron chi connectivity index (χ1n) is 6.50. The first-order valence-corrected chi connectivity index (χ1v) is 7.87. The maximum atomic E-state index is 9.54. The number of hydrogen-bond acceptors (Lipinski definition) is 6. The number of aliphatic hydroxyl groups is 1. The zero-order valence-corrected chi connectivity index (χ0v) is 12.5. The van der Waals surface area contributed by atoms with Crippen molar-refractivity contribution in [1.29, 1.82) is 0 Å². The number of thioether (sulfide) groups is 1. The maximum absolute atomic E-state index is 9.54. The van der Waals surface area contributed by atoms with Crippen LogP contribution in [-0.2, 0) is 0 Å². The number of hydrogen-bond donors (Lipinski definition) is 3. The van der Waals surface area contributed by atoms with Gasteiger partial charge in [-0.2, -0.15) is 0 Å². The zero-order valence-electron chi connectivity index (χ0n) is 10.9. The summed E-state index contributed by atoms with van der Waals surface area (Å²) in [6, 6.07) is 0.201. The van der Waals surface area contributed by atoms with E-state index >= 15 is 0 Å². The second-order valence-electron chi connectivity index (χ2n) is 4.72. The monoisotopic (exact) mass is 302 g/mol. The van der Waals surface area contributed by atoms with E-state index in [0.717, 1.165) is 31.4 Å². The molecular weight excluding hydrogens is 284 g/mol. The predicted octanol–water partition coefficient (Wildman–Crippen LogP) is 2.54. The number of nitrogens with two attached hydrogens (primary N) is 1. The fourth-order valence-electron chi connectivity index (χ4n) is 2.07. The van der Waals surface area contributed by atoms with E-state index < -0.39 is 0 Å². The maximum Gasteiger partial charge on any atom is 0.191 e. The molecule has 4 N–H and O–H groups in total. The van der Waals surface area contributed by atoms with Gasteiger partial charge >= 0.3 is 0 Å². The Bertz CT molecular complexity index is 446. The van der Waals surface area contributed by atoms with Crippen LogP contribution in [0.1, 0.15) is 32.6 Å². The molecule has 19 heavy (non-hydrogen) atoms. The van der Waals surface area contributed by atoms with Crippen LogP contribution >= 0.6 is 23.4 Å². The Kier molecular flexibility index (Phi) is 5.13. The molecule has 0 spiro atoms. The number of nitrogen functional groups attached to an aromatic ring is 1. The van der Waals surface area contributed by atoms with Gasteiger partial charge < -0.3 is 16.2 Å². The molecule has 0 amide bonds. The minimum Gasteiger partial charge on any atom is -0.393 e. The van der Waals surface area contributed by atoms with E-state index in [4.69, 9.17) is 17.3 Å². The molecule has 7 heteroatoms. The Hall–Kier alpha value is -0.720. The number of nitrogens with zero attached hydrogens (tertiary/aromatic N) is 2. The lowest BCUT2D eigenvalue weighted by Crippen LogP contribution is -2.19. The molecule has 5 nitrogen and oxygen atoms in total. The third-order valence-electron chi connectivity index (χ3n) is 3.06. The molecule has 2 atom stereocenters. The highest BCUT2D eigenvalue weighted by atomic mass is 35.5. The Labute approximate surface area is 122 Å². The van der Waals surface area contributed by atoms with Crippen LogP contribution in [0.5, 0.6) is 0 Å². The summed E-state index contributed by atoms with van der Waals surface area (Å²) in [4.78, 5) is 8.57. The average molecular weight is 303 g/mol. The highest BCUT2D eigenvalue weighted by molar-refractivity contribution is 7.99. The number of nitrogens with one attached hydrogen (secondary N) is 1. The number of anilines is 2. The van der Waals surface area contributed by atoms with Gasteiger partial charge in [0, 0.05) is 11.8 Å². The number of aromatic nitrogens is 2. The molecule has 1 aromatic heterocycles. The van der Waals surface area contributed by atoms with Crippen LogP contribution in [0.3, 0.4) is 0 Å². The second-order valence-corrected chi connectivity index (χ2v) is 6.14. The molecule has 1 heterocycles. The normalized spacial score (nSPS) is 22.7. The summed E-state index contributed by atoms with van der Waals surface area (Å²) in [6.45, 7) is 2.10. The summed E-state index contributed by atoms with van der Waals surface area (Å²) in [6.07, 6.45) is 3.27. The molecule has 106 valence electrons. The molecule has 1 fully saturated rings. The van der Waals surface area contributed by atoms with Crippen molar-refractivity contribution in [2.45, 2.75) is 49.9 Å². The van der Waals surface area contributed by atoms with Crippen LogP contribution in [0.2, 0.25) is 5.15 Å². The third kappa shape index (κ3) is 3.87. The molecule has 0 bridgehead atoms. The van der Waals surface area contributed by atoms with Gasteiger partial charge in [0.1, 0.15) is 5.69 Å². The molecule has 0 saturated heterocycles. The van der Waals surface area contributed by atoms with Crippen molar-refractivity contribution in [3.8, 4) is 0 Å². The van der Waals surface area contributed by atoms with Gasteiger partial charge in [-0.15, -0.1) is 0 Å². The van der Waals surface area contributed by atoms with Gasteiger partial charge in [0.15, 0.2) is 16.1 Å². The van der Waals surface area contributed by atoms with Gasteiger partial charge in [0.05, 0.1) is 6.10 Å².